The summed E-state index contributed by atoms with van der Waals surface area (Å²) in [7, 11) is 2.03. The van der Waals surface area contributed by atoms with E-state index in [1.54, 1.807) is 0 Å². The summed E-state index contributed by atoms with van der Waals surface area (Å²) >= 11 is 0. The smallest absolute Gasteiger partial charge is 0.207 e. The van der Waals surface area contributed by atoms with Crippen molar-refractivity contribution < 1.29 is 4.79 Å². The molecule has 2 rings (SSSR count). The molecule has 0 spiro atoms. The minimum absolute atomic E-state index is 0.467. The number of likely N-dealkylation sites (N-methyl/N-ethyl adjacent to an activating group) is 1. The lowest BCUT2D eigenvalue weighted by molar-refractivity contribution is -0.109. The Kier molecular flexibility index (Phi) is 8.36. The highest BCUT2D eigenvalue weighted by Crippen LogP contribution is 2.27. The summed E-state index contributed by atoms with van der Waals surface area (Å²) in [4.78, 5) is 12.5. The van der Waals surface area contributed by atoms with Gasteiger partial charge in [0.05, 0.1) is 11.4 Å². The molecule has 26 heavy (non-hydrogen) atoms. The van der Waals surface area contributed by atoms with Crippen molar-refractivity contribution in [2.75, 3.05) is 25.0 Å². The van der Waals surface area contributed by atoms with E-state index in [1.807, 2.05) is 20.9 Å². The van der Waals surface area contributed by atoms with E-state index in [4.69, 9.17) is 5.10 Å². The molecule has 0 bridgehead atoms. The highest BCUT2D eigenvalue weighted by atomic mass is 16.1. The predicted octanol–water partition coefficient (Wildman–Crippen LogP) is 4.13. The van der Waals surface area contributed by atoms with Gasteiger partial charge in [0, 0.05) is 31.5 Å². The minimum atomic E-state index is 0.467. The Hall–Kier alpha value is -2.30. The molecule has 1 N–H and O–H groups in total. The second kappa shape index (κ2) is 10.00. The number of amides is 1. The first-order valence-electron chi connectivity index (χ1n) is 9.42. The van der Waals surface area contributed by atoms with E-state index in [2.05, 4.69) is 67.7 Å². The number of rotatable bonds is 7. The second-order valence-corrected chi connectivity index (χ2v) is 6.62. The lowest BCUT2D eigenvalue weighted by atomic mass is 10.0. The first-order chi connectivity index (χ1) is 12.4. The summed E-state index contributed by atoms with van der Waals surface area (Å²) in [5.74, 6) is 0.467. The van der Waals surface area contributed by atoms with Crippen molar-refractivity contribution >= 4 is 12.1 Å². The third kappa shape index (κ3) is 4.87. The minimum Gasteiger partial charge on any atom is -0.373 e. The Bertz CT molecular complexity index is 719. The molecule has 0 aliphatic carbocycles. The SMILES string of the molecule is CC.Cc1cc(N(C)CCNC=O)ccc1-n1nc(C)c(C(C)C)c1C. The maximum atomic E-state index is 10.3. The van der Waals surface area contributed by atoms with Crippen LogP contribution in [-0.4, -0.2) is 36.3 Å². The van der Waals surface area contributed by atoms with Crippen LogP contribution >= 0.6 is 0 Å². The molecule has 0 aliphatic rings. The number of hydrogen-bond donors (Lipinski definition) is 1. The number of aromatic nitrogens is 2. The van der Waals surface area contributed by atoms with Crippen LogP contribution in [0.3, 0.4) is 0 Å². The van der Waals surface area contributed by atoms with Crippen LogP contribution in [-0.2, 0) is 4.79 Å². The van der Waals surface area contributed by atoms with Crippen molar-refractivity contribution in [2.24, 2.45) is 0 Å². The summed E-state index contributed by atoms with van der Waals surface area (Å²) in [5, 5.41) is 7.44. The van der Waals surface area contributed by atoms with Crippen LogP contribution in [0.2, 0.25) is 0 Å². The number of carbonyl (C=O) groups is 1. The molecule has 0 unspecified atom stereocenters. The normalized spacial score (nSPS) is 10.3. The van der Waals surface area contributed by atoms with Gasteiger partial charge >= 0.3 is 0 Å². The Morgan fingerprint density at radius 3 is 2.38 bits per heavy atom. The van der Waals surface area contributed by atoms with Gasteiger partial charge in [-0.05, 0) is 56.0 Å². The van der Waals surface area contributed by atoms with Crippen molar-refractivity contribution in [1.82, 2.24) is 15.1 Å². The quantitative estimate of drug-likeness (QED) is 0.598. The van der Waals surface area contributed by atoms with Crippen LogP contribution in [0.4, 0.5) is 5.69 Å². The fourth-order valence-corrected chi connectivity index (χ4v) is 3.26. The maximum absolute atomic E-state index is 10.3. The van der Waals surface area contributed by atoms with Gasteiger partial charge < -0.3 is 10.2 Å². The van der Waals surface area contributed by atoms with Crippen molar-refractivity contribution in [2.45, 2.75) is 54.4 Å². The summed E-state index contributed by atoms with van der Waals surface area (Å²) in [6.45, 7) is 16.2. The summed E-state index contributed by atoms with van der Waals surface area (Å²) in [6.07, 6.45) is 0.733. The maximum Gasteiger partial charge on any atom is 0.207 e. The number of carbonyl (C=O) groups excluding carboxylic acids is 1. The lowest BCUT2D eigenvalue weighted by Crippen LogP contribution is -2.28. The zero-order valence-corrected chi connectivity index (χ0v) is 17.6. The molecule has 144 valence electrons. The zero-order valence-electron chi connectivity index (χ0n) is 17.6. The number of hydrogen-bond acceptors (Lipinski definition) is 3. The van der Waals surface area contributed by atoms with Gasteiger partial charge in [-0.1, -0.05) is 27.7 Å². The van der Waals surface area contributed by atoms with Gasteiger partial charge in [0.1, 0.15) is 0 Å². The molecular weight excluding hydrogens is 324 g/mol. The highest BCUT2D eigenvalue weighted by Gasteiger charge is 2.16. The van der Waals surface area contributed by atoms with E-state index in [-0.39, 0.29) is 0 Å². The van der Waals surface area contributed by atoms with Gasteiger partial charge in [-0.25, -0.2) is 4.68 Å². The van der Waals surface area contributed by atoms with Crippen LogP contribution in [0.25, 0.3) is 5.69 Å². The average Bonchev–Trinajstić information content (AvgIpc) is 2.91. The number of nitrogens with zero attached hydrogens (tertiary/aromatic N) is 3. The number of nitrogens with one attached hydrogen (secondary N) is 1. The molecule has 5 nitrogen and oxygen atoms in total. The van der Waals surface area contributed by atoms with Gasteiger partial charge in [0.25, 0.3) is 0 Å². The van der Waals surface area contributed by atoms with Gasteiger partial charge in [-0.15, -0.1) is 0 Å². The van der Waals surface area contributed by atoms with Crippen LogP contribution in [0.5, 0.6) is 0 Å². The number of aryl methyl sites for hydroxylation is 2. The topological polar surface area (TPSA) is 50.2 Å². The molecule has 1 amide bonds. The predicted molar refractivity (Wildman–Crippen MR) is 111 cm³/mol. The molecule has 1 aromatic heterocycles. The molecule has 0 atom stereocenters. The van der Waals surface area contributed by atoms with Crippen molar-refractivity contribution in [3.05, 3.63) is 40.7 Å². The number of anilines is 1. The van der Waals surface area contributed by atoms with E-state index in [0.29, 0.717) is 12.5 Å². The van der Waals surface area contributed by atoms with E-state index in [9.17, 15) is 4.79 Å². The molecule has 2 aromatic rings. The fraction of sp³-hybridized carbons (Fsp3) is 0.524. The standard InChI is InChI=1S/C19H28N4O.C2H6/c1-13(2)19-15(4)21-23(16(19)5)18-8-7-17(11-14(18)3)22(6)10-9-20-12-24;1-2/h7-8,11-13H,9-10H2,1-6H3,(H,20,24);1-2H3. The molecule has 1 heterocycles. The molecule has 0 saturated carbocycles. The highest BCUT2D eigenvalue weighted by molar-refractivity contribution is 5.56. The Morgan fingerprint density at radius 2 is 1.88 bits per heavy atom. The van der Waals surface area contributed by atoms with Gasteiger partial charge in [0.15, 0.2) is 0 Å². The largest absolute Gasteiger partial charge is 0.373 e. The van der Waals surface area contributed by atoms with Crippen molar-refractivity contribution in [3.63, 3.8) is 0 Å². The Labute approximate surface area is 158 Å². The molecular formula is C21H34N4O. The van der Waals surface area contributed by atoms with Crippen LogP contribution in [0, 0.1) is 20.8 Å². The van der Waals surface area contributed by atoms with Gasteiger partial charge in [0.2, 0.25) is 6.41 Å². The molecule has 0 radical (unpaired) electrons. The first-order valence-corrected chi connectivity index (χ1v) is 9.42. The van der Waals surface area contributed by atoms with Crippen LogP contribution in [0.1, 0.15) is 56.1 Å². The monoisotopic (exact) mass is 358 g/mol. The summed E-state index contributed by atoms with van der Waals surface area (Å²) < 4.78 is 2.05. The van der Waals surface area contributed by atoms with Crippen LogP contribution in [0.15, 0.2) is 18.2 Å². The fourth-order valence-electron chi connectivity index (χ4n) is 3.26. The molecule has 0 fully saturated rings. The van der Waals surface area contributed by atoms with Gasteiger partial charge in [-0.3, -0.25) is 4.79 Å². The number of benzene rings is 1. The Balaban J connectivity index is 0.00000163. The molecule has 1 aromatic carbocycles. The summed E-state index contributed by atoms with van der Waals surface area (Å²) in [5.41, 5.74) is 7.07. The molecule has 0 aliphatic heterocycles. The molecule has 0 saturated heterocycles. The average molecular weight is 359 g/mol. The Morgan fingerprint density at radius 1 is 1.23 bits per heavy atom. The van der Waals surface area contributed by atoms with Crippen molar-refractivity contribution in [3.8, 4) is 5.69 Å². The zero-order chi connectivity index (χ0) is 19.9. The summed E-state index contributed by atoms with van der Waals surface area (Å²) in [6, 6.07) is 6.40. The third-order valence-corrected chi connectivity index (χ3v) is 4.45. The second-order valence-electron chi connectivity index (χ2n) is 6.62. The lowest BCUT2D eigenvalue weighted by Gasteiger charge is -2.20. The van der Waals surface area contributed by atoms with Crippen LogP contribution < -0.4 is 10.2 Å². The van der Waals surface area contributed by atoms with Crippen molar-refractivity contribution in [1.29, 1.82) is 0 Å². The third-order valence-electron chi connectivity index (χ3n) is 4.45. The van der Waals surface area contributed by atoms with E-state index in [0.717, 1.165) is 30.0 Å². The first kappa shape index (κ1) is 21.7. The van der Waals surface area contributed by atoms with E-state index < -0.39 is 0 Å². The van der Waals surface area contributed by atoms with E-state index >= 15 is 0 Å². The molecule has 5 heteroatoms. The van der Waals surface area contributed by atoms with Gasteiger partial charge in [-0.2, -0.15) is 5.10 Å². The van der Waals surface area contributed by atoms with E-state index in [1.165, 1.54) is 16.8 Å².